The molecule has 4 aromatic carbocycles. The number of aromatic nitrogens is 2. The predicted octanol–water partition coefficient (Wildman–Crippen LogP) is 12.0. The number of carbonyl (C=O) groups excluding carboxylic acids is 2. The maximum Gasteiger partial charge on any atom is 0.411 e. The van der Waals surface area contributed by atoms with Gasteiger partial charge in [-0.2, -0.15) is 0 Å². The number of amides is 2. The van der Waals surface area contributed by atoms with E-state index in [4.69, 9.17) is 27.4 Å². The number of nitrogens with two attached hydrogens (primary N) is 1. The van der Waals surface area contributed by atoms with Crippen LogP contribution in [0, 0.1) is 0 Å². The normalized spacial score (nSPS) is 11.5. The van der Waals surface area contributed by atoms with Crippen molar-refractivity contribution in [1.82, 2.24) is 24.7 Å². The predicted molar refractivity (Wildman–Crippen MR) is 316 cm³/mol. The van der Waals surface area contributed by atoms with Gasteiger partial charge in [-0.1, -0.05) is 12.1 Å². The summed E-state index contributed by atoms with van der Waals surface area (Å²) in [6, 6.07) is 24.9. The molecule has 76 heavy (non-hydrogen) atoms. The van der Waals surface area contributed by atoms with Gasteiger partial charge in [0.1, 0.15) is 10.0 Å². The van der Waals surface area contributed by atoms with Gasteiger partial charge in [-0.05, 0) is 180 Å². The number of hydrogen-bond acceptors (Lipinski definition) is 16. The van der Waals surface area contributed by atoms with Gasteiger partial charge in [-0.3, -0.25) is 10.6 Å². The molecule has 0 saturated carbocycles. The lowest BCUT2D eigenvalue weighted by atomic mass is 10.1. The Balaban J connectivity index is 0.000000300. The molecule has 2 heterocycles. The molecule has 0 fully saturated rings. The zero-order chi connectivity index (χ0) is 56.6. The summed E-state index contributed by atoms with van der Waals surface area (Å²) in [5.41, 5.74) is 9.19. The Morgan fingerprint density at radius 3 is 1.39 bits per heavy atom. The second kappa shape index (κ2) is 27.7. The Morgan fingerprint density at radius 1 is 0.658 bits per heavy atom. The number of carbonyl (C=O) groups is 2. The Morgan fingerprint density at radius 2 is 1.05 bits per heavy atom. The van der Waals surface area contributed by atoms with Crippen LogP contribution >= 0.6 is 47.1 Å². The van der Waals surface area contributed by atoms with E-state index in [2.05, 4.69) is 63.1 Å². The van der Waals surface area contributed by atoms with Crippen LogP contribution < -0.4 is 36.4 Å². The van der Waals surface area contributed by atoms with Crippen LogP contribution in [0.5, 0.6) is 0 Å². The summed E-state index contributed by atoms with van der Waals surface area (Å²) in [6.45, 7) is 22.3. The molecule has 408 valence electrons. The van der Waals surface area contributed by atoms with E-state index in [1.54, 1.807) is 104 Å². The van der Waals surface area contributed by atoms with Gasteiger partial charge in [0.25, 0.3) is 0 Å². The number of anilines is 4. The lowest BCUT2D eigenvalue weighted by Crippen LogP contribution is -2.40. The number of benzene rings is 4. The molecule has 24 heteroatoms. The smallest absolute Gasteiger partial charge is 0.411 e. The highest BCUT2D eigenvalue weighted by molar-refractivity contribution is 7.90. The van der Waals surface area contributed by atoms with Gasteiger partial charge in [0.05, 0.1) is 44.0 Å². The molecule has 2 aromatic heterocycles. The van der Waals surface area contributed by atoms with Gasteiger partial charge in [-0.25, -0.2) is 50.8 Å². The lowest BCUT2D eigenvalue weighted by molar-refractivity contribution is 0.167. The van der Waals surface area contributed by atoms with Crippen LogP contribution in [-0.2, 0) is 29.5 Å². The number of isothiocyanates is 1. The van der Waals surface area contributed by atoms with Crippen molar-refractivity contribution in [3.05, 3.63) is 97.3 Å². The van der Waals surface area contributed by atoms with Crippen LogP contribution in [0.1, 0.15) is 83.1 Å². The maximum absolute atomic E-state index is 13.4. The zero-order valence-electron chi connectivity index (χ0n) is 44.4. The minimum atomic E-state index is -3.94. The molecule has 0 aliphatic heterocycles. The summed E-state index contributed by atoms with van der Waals surface area (Å²) in [4.78, 5) is 37.8. The molecule has 18 nitrogen and oxygen atoms in total. The highest BCUT2D eigenvalue weighted by atomic mass is 32.2. The third-order valence-electron chi connectivity index (χ3n) is 9.29. The standard InChI is InChI=1S/C26H33N5O4S3.C22H26N4O4S2.C4H7NS/c1-7-35-25(32)30-19-12-13-20(22(14-19)38(33,34)31-26(4,5)6)21-15-27-23(37-21)17-8-10-18(11-9-17)29-24(36)28-16(2)3;1-5-30-21(27)25-16-10-11-17(19(12-16)32(28,29)26-22(2,3)4)18-13-24-20(31-18)14-6-8-15(23)9-7-14;1-4(2)5-3-6/h8-16,31H,7H2,1-6H3,(H,30,32)(H2,28,29,36);6-13,26H,5,23H2,1-4H3,(H,25,27);4H,1-2H3. The van der Waals surface area contributed by atoms with Crippen molar-refractivity contribution in [2.45, 2.75) is 116 Å². The number of nitrogens with one attached hydrogen (secondary N) is 6. The number of aliphatic imine (C=N–C) groups is 1. The van der Waals surface area contributed by atoms with Crippen molar-refractivity contribution >= 4 is 112 Å². The Hall–Kier alpha value is -6.21. The number of thiazole rings is 2. The van der Waals surface area contributed by atoms with Crippen molar-refractivity contribution in [1.29, 1.82) is 0 Å². The van der Waals surface area contributed by atoms with Gasteiger partial charge < -0.3 is 25.8 Å². The van der Waals surface area contributed by atoms with Crippen LogP contribution in [-0.4, -0.2) is 85.6 Å². The van der Waals surface area contributed by atoms with Crippen molar-refractivity contribution in [2.75, 3.05) is 34.9 Å². The first-order valence-corrected chi connectivity index (χ1v) is 29.2. The maximum atomic E-state index is 13.4. The molecular formula is C52H66N10O8S6. The average Bonchev–Trinajstić information content (AvgIpc) is 4.00. The minimum absolute atomic E-state index is 0.0302. The first kappa shape index (κ1) is 62.3. The van der Waals surface area contributed by atoms with Gasteiger partial charge >= 0.3 is 12.2 Å². The fourth-order valence-electron chi connectivity index (χ4n) is 6.46. The van der Waals surface area contributed by atoms with E-state index in [0.29, 0.717) is 49.1 Å². The lowest BCUT2D eigenvalue weighted by Gasteiger charge is -2.22. The quantitative estimate of drug-likeness (QED) is 0.0287. The first-order valence-electron chi connectivity index (χ1n) is 23.8. The summed E-state index contributed by atoms with van der Waals surface area (Å²) < 4.78 is 68.4. The molecule has 8 N–H and O–H groups in total. The van der Waals surface area contributed by atoms with E-state index in [1.165, 1.54) is 34.8 Å². The van der Waals surface area contributed by atoms with Crippen molar-refractivity contribution in [2.24, 2.45) is 4.99 Å². The third-order valence-corrected chi connectivity index (χ3v) is 15.4. The summed E-state index contributed by atoms with van der Waals surface area (Å²) in [5.74, 6) is 0. The molecule has 0 aliphatic carbocycles. The van der Waals surface area contributed by atoms with E-state index in [-0.39, 0.29) is 29.0 Å². The summed E-state index contributed by atoms with van der Waals surface area (Å²) in [7, 11) is -7.85. The van der Waals surface area contributed by atoms with Crippen LogP contribution in [0.15, 0.2) is 112 Å². The van der Waals surface area contributed by atoms with E-state index >= 15 is 0 Å². The number of nitrogen functional groups attached to an aromatic ring is 1. The molecular weight excluding hydrogens is 1090 g/mol. The van der Waals surface area contributed by atoms with Crippen LogP contribution in [0.2, 0.25) is 0 Å². The minimum Gasteiger partial charge on any atom is -0.450 e. The topological polar surface area (TPSA) is 257 Å². The Labute approximate surface area is 465 Å². The molecule has 0 radical (unpaired) electrons. The number of nitrogens with zero attached hydrogens (tertiary/aromatic N) is 3. The van der Waals surface area contributed by atoms with Gasteiger partial charge in [0, 0.05) is 74.5 Å². The van der Waals surface area contributed by atoms with Crippen LogP contribution in [0.4, 0.5) is 32.3 Å². The van der Waals surface area contributed by atoms with Crippen molar-refractivity contribution < 1.29 is 35.9 Å². The first-order chi connectivity index (χ1) is 35.5. The van der Waals surface area contributed by atoms with Crippen molar-refractivity contribution in [3.63, 3.8) is 0 Å². The van der Waals surface area contributed by atoms with Gasteiger partial charge in [0.2, 0.25) is 20.0 Å². The average molecular weight is 1150 g/mol. The number of hydrogen-bond donors (Lipinski definition) is 7. The molecule has 6 rings (SSSR count). The summed E-state index contributed by atoms with van der Waals surface area (Å²) in [6.07, 6.45) is 1.97. The van der Waals surface area contributed by atoms with E-state index < -0.39 is 43.3 Å². The summed E-state index contributed by atoms with van der Waals surface area (Å²) in [5, 5.41) is 15.7. The van der Waals surface area contributed by atoms with Crippen LogP contribution in [0.3, 0.4) is 0 Å². The fraction of sp³-hybridized carbons (Fsp3) is 0.346. The molecule has 6 aromatic rings. The molecule has 0 spiro atoms. The number of ether oxygens (including phenoxy) is 2. The largest absolute Gasteiger partial charge is 0.450 e. The molecule has 0 atom stereocenters. The fourth-order valence-corrected chi connectivity index (χ4v) is 12.4. The summed E-state index contributed by atoms with van der Waals surface area (Å²) >= 11 is 12.3. The van der Waals surface area contributed by atoms with E-state index in [1.807, 2.05) is 64.1 Å². The number of thiocarbonyl (C=S) groups is 2. The molecule has 0 aliphatic rings. The molecule has 2 amide bonds. The highest BCUT2D eigenvalue weighted by Gasteiger charge is 2.28. The van der Waals surface area contributed by atoms with Gasteiger partial charge in [-0.15, -0.1) is 22.7 Å². The molecule has 0 saturated heterocycles. The number of sulfonamides is 2. The van der Waals surface area contributed by atoms with Crippen LogP contribution in [0.25, 0.3) is 42.0 Å². The Bertz CT molecular complexity index is 3210. The zero-order valence-corrected chi connectivity index (χ0v) is 49.3. The second-order valence-electron chi connectivity index (χ2n) is 19.1. The van der Waals surface area contributed by atoms with E-state index in [0.717, 1.165) is 26.8 Å². The SMILES string of the molecule is CC(C)N=C=S.CCOC(=O)Nc1ccc(-c2cnc(-c3ccc(N)cc3)s2)c(S(=O)(=O)NC(C)(C)C)c1.CCOC(=O)Nc1ccc(-c2cnc(-c3ccc(NC(=S)NC(C)C)cc3)s2)c(S(=O)(=O)NC(C)(C)C)c1. The monoisotopic (exact) mass is 1150 g/mol. The second-order valence-corrected chi connectivity index (χ2v) is 25.1. The van der Waals surface area contributed by atoms with Crippen molar-refractivity contribution in [3.8, 4) is 42.0 Å². The Kier molecular flexibility index (Phi) is 22.7. The van der Waals surface area contributed by atoms with Gasteiger partial charge in [0.15, 0.2) is 5.11 Å². The third kappa shape index (κ3) is 20.1. The number of rotatable bonds is 15. The van der Waals surface area contributed by atoms with E-state index in [9.17, 15) is 26.4 Å². The molecule has 0 bridgehead atoms. The highest BCUT2D eigenvalue weighted by Crippen LogP contribution is 2.39. The molecule has 0 unspecified atom stereocenters.